The van der Waals surface area contributed by atoms with Gasteiger partial charge < -0.3 is 10.2 Å². The Morgan fingerprint density at radius 3 is 2.12 bits per heavy atom. The van der Waals surface area contributed by atoms with Crippen molar-refractivity contribution in [2.45, 2.75) is 28.7 Å². The number of hydrogen-bond donors (Lipinski definition) is 3. The second kappa shape index (κ2) is 7.93. The lowest BCUT2D eigenvalue weighted by Gasteiger charge is -2.13. The largest absolute Gasteiger partial charge is 0.491 e. The topological polar surface area (TPSA) is 151 Å². The van der Waals surface area contributed by atoms with Gasteiger partial charge in [-0.2, -0.15) is 0 Å². The molecule has 0 bridgehead atoms. The third-order valence-electron chi connectivity index (χ3n) is 5.22. The number of hydrogen-bond acceptors (Lipinski definition) is 7. The normalized spacial score (nSPS) is 14.5. The molecule has 3 aromatic rings. The standard InChI is InChI=1S/C20H22N4O7S2/c1-22(2)33(30,31)17-10-8-16(9-11-17)32(28,29)21-13-4-3-5-15(12-13)24-19(26)18(25)23(20(24)27)14-6-7-14/h3-5,8-12,14,21,25-26H,6-7H2,1-2H3. The van der Waals surface area contributed by atoms with Gasteiger partial charge in [-0.15, -0.1) is 0 Å². The van der Waals surface area contributed by atoms with Crippen molar-refractivity contribution in [1.29, 1.82) is 0 Å². The van der Waals surface area contributed by atoms with Gasteiger partial charge in [0.05, 0.1) is 21.2 Å². The first kappa shape index (κ1) is 22.9. The van der Waals surface area contributed by atoms with Gasteiger partial charge in [0, 0.05) is 20.1 Å². The Kier molecular flexibility index (Phi) is 5.50. The van der Waals surface area contributed by atoms with Gasteiger partial charge in [-0.05, 0) is 55.3 Å². The molecule has 2 aromatic carbocycles. The molecule has 0 aliphatic heterocycles. The lowest BCUT2D eigenvalue weighted by molar-refractivity contribution is 0.363. The van der Waals surface area contributed by atoms with E-state index in [2.05, 4.69) is 4.72 Å². The third kappa shape index (κ3) is 4.10. The fourth-order valence-corrected chi connectivity index (χ4v) is 5.27. The van der Waals surface area contributed by atoms with Crippen LogP contribution in [-0.4, -0.2) is 54.6 Å². The van der Waals surface area contributed by atoms with Crippen molar-refractivity contribution in [3.8, 4) is 17.4 Å². The maximum atomic E-state index is 12.8. The van der Waals surface area contributed by atoms with Gasteiger partial charge in [-0.25, -0.2) is 30.5 Å². The molecule has 33 heavy (non-hydrogen) atoms. The highest BCUT2D eigenvalue weighted by molar-refractivity contribution is 7.92. The zero-order valence-corrected chi connectivity index (χ0v) is 19.3. The molecule has 1 heterocycles. The average molecular weight is 495 g/mol. The lowest BCUT2D eigenvalue weighted by Crippen LogP contribution is -2.22. The SMILES string of the molecule is CN(C)S(=O)(=O)c1ccc(S(=O)(=O)Nc2cccc(-n3c(O)c(O)n(C4CC4)c3=O)c2)cc1. The highest BCUT2D eigenvalue weighted by Crippen LogP contribution is 2.40. The van der Waals surface area contributed by atoms with E-state index in [4.69, 9.17) is 0 Å². The van der Waals surface area contributed by atoms with E-state index >= 15 is 0 Å². The summed E-state index contributed by atoms with van der Waals surface area (Å²) in [7, 11) is -5.05. The molecular formula is C20H22N4O7S2. The van der Waals surface area contributed by atoms with Crippen molar-refractivity contribution in [2.24, 2.45) is 0 Å². The van der Waals surface area contributed by atoms with Crippen molar-refractivity contribution in [2.75, 3.05) is 18.8 Å². The average Bonchev–Trinajstić information content (AvgIpc) is 3.55. The molecule has 0 spiro atoms. The number of aromatic nitrogens is 2. The van der Waals surface area contributed by atoms with Gasteiger partial charge in [0.15, 0.2) is 0 Å². The Bertz CT molecular complexity index is 1480. The Hall–Kier alpha value is -3.29. The summed E-state index contributed by atoms with van der Waals surface area (Å²) < 4.78 is 55.3. The minimum atomic E-state index is -4.08. The predicted octanol–water partition coefficient (Wildman–Crippen LogP) is 1.44. The quantitative estimate of drug-likeness (QED) is 0.449. The summed E-state index contributed by atoms with van der Waals surface area (Å²) in [6, 6.07) is 10.3. The maximum Gasteiger partial charge on any atom is 0.338 e. The van der Waals surface area contributed by atoms with Crippen LogP contribution in [0.1, 0.15) is 18.9 Å². The first-order valence-electron chi connectivity index (χ1n) is 9.84. The molecule has 0 atom stereocenters. The van der Waals surface area contributed by atoms with Gasteiger partial charge in [-0.3, -0.25) is 9.29 Å². The van der Waals surface area contributed by atoms with Gasteiger partial charge in [-0.1, -0.05) is 6.07 Å². The van der Waals surface area contributed by atoms with E-state index in [1.807, 2.05) is 0 Å². The van der Waals surface area contributed by atoms with Crippen molar-refractivity contribution < 1.29 is 27.0 Å². The summed E-state index contributed by atoms with van der Waals surface area (Å²) in [6.45, 7) is 0. The van der Waals surface area contributed by atoms with Crippen LogP contribution in [0.4, 0.5) is 5.69 Å². The van der Waals surface area contributed by atoms with Crippen LogP contribution < -0.4 is 10.4 Å². The van der Waals surface area contributed by atoms with E-state index in [9.17, 15) is 31.8 Å². The summed E-state index contributed by atoms with van der Waals surface area (Å²) in [4.78, 5) is 12.5. The van der Waals surface area contributed by atoms with Gasteiger partial charge in [0.25, 0.3) is 21.8 Å². The Labute approximate surface area is 190 Å². The fraction of sp³-hybridized carbons (Fsp3) is 0.250. The lowest BCUT2D eigenvalue weighted by atomic mass is 10.3. The van der Waals surface area contributed by atoms with Crippen LogP contribution in [0.5, 0.6) is 11.8 Å². The summed E-state index contributed by atoms with van der Waals surface area (Å²) in [5, 5.41) is 20.4. The molecule has 176 valence electrons. The van der Waals surface area contributed by atoms with Crippen LogP contribution in [0.2, 0.25) is 0 Å². The number of benzene rings is 2. The van der Waals surface area contributed by atoms with Crippen molar-refractivity contribution in [3.05, 3.63) is 59.0 Å². The number of nitrogens with zero attached hydrogens (tertiary/aromatic N) is 3. The zero-order chi connectivity index (χ0) is 24.1. The van der Waals surface area contributed by atoms with Crippen LogP contribution >= 0.6 is 0 Å². The molecule has 11 nitrogen and oxygen atoms in total. The second-order valence-electron chi connectivity index (χ2n) is 7.78. The minimum Gasteiger partial charge on any atom is -0.491 e. The number of anilines is 1. The molecule has 0 amide bonds. The molecule has 1 aromatic heterocycles. The first-order chi connectivity index (χ1) is 15.4. The molecule has 0 radical (unpaired) electrons. The smallest absolute Gasteiger partial charge is 0.338 e. The van der Waals surface area contributed by atoms with Gasteiger partial charge >= 0.3 is 5.69 Å². The van der Waals surface area contributed by atoms with Gasteiger partial charge in [0.2, 0.25) is 10.0 Å². The monoisotopic (exact) mass is 494 g/mol. The molecule has 3 N–H and O–H groups in total. The number of rotatable bonds is 7. The van der Waals surface area contributed by atoms with Crippen LogP contribution in [0.3, 0.4) is 0 Å². The molecule has 13 heteroatoms. The van der Waals surface area contributed by atoms with Crippen LogP contribution in [-0.2, 0) is 20.0 Å². The highest BCUT2D eigenvalue weighted by atomic mass is 32.2. The number of imidazole rings is 1. The van der Waals surface area contributed by atoms with Gasteiger partial charge in [0.1, 0.15) is 0 Å². The van der Waals surface area contributed by atoms with Crippen LogP contribution in [0, 0.1) is 0 Å². The Morgan fingerprint density at radius 2 is 1.55 bits per heavy atom. The molecular weight excluding hydrogens is 472 g/mol. The van der Waals surface area contributed by atoms with E-state index in [-0.39, 0.29) is 27.2 Å². The summed E-state index contributed by atoms with van der Waals surface area (Å²) in [5.41, 5.74) is -0.382. The van der Waals surface area contributed by atoms with Crippen LogP contribution in [0.25, 0.3) is 5.69 Å². The van der Waals surface area contributed by atoms with E-state index in [1.54, 1.807) is 0 Å². The molecule has 1 fully saturated rings. The highest BCUT2D eigenvalue weighted by Gasteiger charge is 2.32. The molecule has 1 aliphatic rings. The number of aromatic hydroxyl groups is 2. The third-order valence-corrected chi connectivity index (χ3v) is 8.45. The van der Waals surface area contributed by atoms with E-state index in [0.717, 1.165) is 13.4 Å². The second-order valence-corrected chi connectivity index (χ2v) is 11.6. The zero-order valence-electron chi connectivity index (χ0n) is 17.7. The molecule has 1 aliphatic carbocycles. The van der Waals surface area contributed by atoms with Crippen molar-refractivity contribution in [1.82, 2.24) is 13.4 Å². The van der Waals surface area contributed by atoms with Crippen LogP contribution in [0.15, 0.2) is 63.1 Å². The Morgan fingerprint density at radius 1 is 0.939 bits per heavy atom. The summed E-state index contributed by atoms with van der Waals surface area (Å²) in [5.74, 6) is -1.18. The predicted molar refractivity (Wildman–Crippen MR) is 120 cm³/mol. The van der Waals surface area contributed by atoms with E-state index < -0.39 is 37.5 Å². The van der Waals surface area contributed by atoms with Crippen molar-refractivity contribution >= 4 is 25.7 Å². The number of nitrogens with one attached hydrogen (secondary N) is 1. The fourth-order valence-electron chi connectivity index (χ4n) is 3.32. The summed E-state index contributed by atoms with van der Waals surface area (Å²) in [6.07, 6.45) is 1.43. The van der Waals surface area contributed by atoms with E-state index in [1.165, 1.54) is 62.6 Å². The van der Waals surface area contributed by atoms with Crippen molar-refractivity contribution in [3.63, 3.8) is 0 Å². The maximum absolute atomic E-state index is 12.8. The number of sulfonamides is 2. The minimum absolute atomic E-state index is 0.0525. The van der Waals surface area contributed by atoms with E-state index in [0.29, 0.717) is 12.8 Å². The molecule has 0 unspecified atom stereocenters. The molecule has 1 saturated carbocycles. The molecule has 4 rings (SSSR count). The summed E-state index contributed by atoms with van der Waals surface area (Å²) >= 11 is 0. The molecule has 0 saturated heterocycles. The first-order valence-corrected chi connectivity index (χ1v) is 12.8. The Balaban J connectivity index is 1.64.